The molecule has 0 radical (unpaired) electrons. The zero-order valence-corrected chi connectivity index (χ0v) is 11.9. The van der Waals surface area contributed by atoms with Crippen LogP contribution < -0.4 is 5.32 Å². The van der Waals surface area contributed by atoms with Crippen molar-refractivity contribution in [2.75, 3.05) is 26.2 Å². The van der Waals surface area contributed by atoms with Crippen LogP contribution in [0, 0.1) is 11.8 Å². The molecule has 0 spiro atoms. The van der Waals surface area contributed by atoms with Gasteiger partial charge in [-0.05, 0) is 44.4 Å². The van der Waals surface area contributed by atoms with Crippen molar-refractivity contribution in [1.82, 2.24) is 10.2 Å². The summed E-state index contributed by atoms with van der Waals surface area (Å²) in [6, 6.07) is 1.51. The van der Waals surface area contributed by atoms with Crippen molar-refractivity contribution < 1.29 is 4.74 Å². The molecule has 104 valence electrons. The van der Waals surface area contributed by atoms with Gasteiger partial charge in [-0.3, -0.25) is 4.90 Å². The van der Waals surface area contributed by atoms with E-state index in [1.165, 1.54) is 45.3 Å². The minimum atomic E-state index is 0.469. The lowest BCUT2D eigenvalue weighted by Gasteiger charge is -2.42. The van der Waals surface area contributed by atoms with Gasteiger partial charge in [0.2, 0.25) is 0 Å². The van der Waals surface area contributed by atoms with Crippen LogP contribution in [-0.4, -0.2) is 49.3 Å². The van der Waals surface area contributed by atoms with Gasteiger partial charge in [-0.2, -0.15) is 0 Å². The molecule has 3 nitrogen and oxygen atoms in total. The van der Waals surface area contributed by atoms with E-state index in [9.17, 15) is 0 Å². The Kier molecular flexibility index (Phi) is 3.92. The predicted octanol–water partition coefficient (Wildman–Crippen LogP) is 1.87. The molecule has 1 aliphatic carbocycles. The van der Waals surface area contributed by atoms with Gasteiger partial charge in [-0.25, -0.2) is 0 Å². The normalized spacial score (nSPS) is 42.3. The molecule has 2 aliphatic heterocycles. The first-order valence-corrected chi connectivity index (χ1v) is 7.87. The highest BCUT2D eigenvalue weighted by atomic mass is 16.5. The average molecular weight is 252 g/mol. The number of nitrogens with zero attached hydrogens (tertiary/aromatic N) is 1. The van der Waals surface area contributed by atoms with E-state index >= 15 is 0 Å². The first-order valence-electron chi connectivity index (χ1n) is 7.87. The summed E-state index contributed by atoms with van der Waals surface area (Å²) in [5, 5.41) is 3.78. The number of hydrogen-bond donors (Lipinski definition) is 1. The second-order valence-corrected chi connectivity index (χ2v) is 6.49. The van der Waals surface area contributed by atoms with Gasteiger partial charge in [0, 0.05) is 38.3 Å². The monoisotopic (exact) mass is 252 g/mol. The molecular formula is C15H28N2O. The lowest BCUT2D eigenvalue weighted by molar-refractivity contribution is 0.0637. The lowest BCUT2D eigenvalue weighted by atomic mass is 9.97. The van der Waals surface area contributed by atoms with Gasteiger partial charge < -0.3 is 10.1 Å². The van der Waals surface area contributed by atoms with Gasteiger partial charge in [0.25, 0.3) is 0 Å². The molecule has 4 atom stereocenters. The zero-order valence-electron chi connectivity index (χ0n) is 11.9. The summed E-state index contributed by atoms with van der Waals surface area (Å²) in [5.41, 5.74) is 0. The summed E-state index contributed by atoms with van der Waals surface area (Å²) in [7, 11) is 0. The highest BCUT2D eigenvalue weighted by Crippen LogP contribution is 2.35. The standard InChI is InChI=1S/C15H28N2O/c1-3-14-8-16-15(12-4-5-12)10-17(14)9-13-6-7-18-11(13)2/h11-16H,3-10H2,1-2H3. The van der Waals surface area contributed by atoms with Crippen LogP contribution in [0.1, 0.15) is 39.5 Å². The molecule has 2 heterocycles. The number of nitrogens with one attached hydrogen (secondary N) is 1. The van der Waals surface area contributed by atoms with Crippen LogP contribution in [0.25, 0.3) is 0 Å². The largest absolute Gasteiger partial charge is 0.378 e. The molecule has 3 fully saturated rings. The van der Waals surface area contributed by atoms with E-state index in [1.807, 2.05) is 0 Å². The molecule has 0 amide bonds. The molecule has 3 heteroatoms. The third-order valence-electron chi connectivity index (χ3n) is 5.23. The number of ether oxygens (including phenoxy) is 1. The predicted molar refractivity (Wildman–Crippen MR) is 73.7 cm³/mol. The van der Waals surface area contributed by atoms with Crippen LogP contribution in [0.2, 0.25) is 0 Å². The van der Waals surface area contributed by atoms with Gasteiger partial charge in [0.1, 0.15) is 0 Å². The van der Waals surface area contributed by atoms with Crippen LogP contribution in [-0.2, 0) is 4.74 Å². The fourth-order valence-corrected chi connectivity index (χ4v) is 3.64. The van der Waals surface area contributed by atoms with Gasteiger partial charge in [0.05, 0.1) is 6.10 Å². The molecule has 0 aromatic carbocycles. The van der Waals surface area contributed by atoms with E-state index in [4.69, 9.17) is 4.74 Å². The van der Waals surface area contributed by atoms with Crippen LogP contribution in [0.15, 0.2) is 0 Å². The second-order valence-electron chi connectivity index (χ2n) is 6.49. The smallest absolute Gasteiger partial charge is 0.0588 e. The Labute approximate surface area is 111 Å². The van der Waals surface area contributed by atoms with E-state index in [2.05, 4.69) is 24.1 Å². The van der Waals surface area contributed by atoms with Crippen molar-refractivity contribution in [1.29, 1.82) is 0 Å². The maximum Gasteiger partial charge on any atom is 0.0588 e. The van der Waals surface area contributed by atoms with Crippen molar-refractivity contribution in [3.05, 3.63) is 0 Å². The zero-order chi connectivity index (χ0) is 12.5. The Morgan fingerprint density at radius 2 is 2.11 bits per heavy atom. The molecule has 1 saturated carbocycles. The van der Waals surface area contributed by atoms with Crippen LogP contribution in [0.4, 0.5) is 0 Å². The Morgan fingerprint density at radius 1 is 1.28 bits per heavy atom. The van der Waals surface area contributed by atoms with Crippen molar-refractivity contribution in [3.63, 3.8) is 0 Å². The molecule has 3 rings (SSSR count). The third kappa shape index (κ3) is 2.73. The first-order chi connectivity index (χ1) is 8.78. The molecule has 3 aliphatic rings. The SMILES string of the molecule is CCC1CNC(C2CC2)CN1CC1CCOC1C. The van der Waals surface area contributed by atoms with E-state index in [0.717, 1.165) is 30.5 Å². The van der Waals surface area contributed by atoms with Gasteiger partial charge in [-0.15, -0.1) is 0 Å². The summed E-state index contributed by atoms with van der Waals surface area (Å²) in [6.07, 6.45) is 5.90. The van der Waals surface area contributed by atoms with Gasteiger partial charge >= 0.3 is 0 Å². The molecule has 4 unspecified atom stereocenters. The third-order valence-corrected chi connectivity index (χ3v) is 5.23. The van der Waals surface area contributed by atoms with Crippen molar-refractivity contribution in [2.45, 2.75) is 57.7 Å². The summed E-state index contributed by atoms with van der Waals surface area (Å²) in [5.74, 6) is 1.74. The Bertz CT molecular complexity index is 280. The second kappa shape index (κ2) is 5.48. The van der Waals surface area contributed by atoms with Crippen LogP contribution >= 0.6 is 0 Å². The first kappa shape index (κ1) is 12.9. The molecule has 0 bridgehead atoms. The number of piperazine rings is 1. The summed E-state index contributed by atoms with van der Waals surface area (Å²) in [4.78, 5) is 2.76. The Hall–Kier alpha value is -0.120. The molecular weight excluding hydrogens is 224 g/mol. The fourth-order valence-electron chi connectivity index (χ4n) is 3.64. The van der Waals surface area contributed by atoms with E-state index in [0.29, 0.717) is 6.10 Å². The summed E-state index contributed by atoms with van der Waals surface area (Å²) < 4.78 is 5.72. The minimum absolute atomic E-state index is 0.469. The lowest BCUT2D eigenvalue weighted by Crippen LogP contribution is -2.58. The van der Waals surface area contributed by atoms with E-state index < -0.39 is 0 Å². The quantitative estimate of drug-likeness (QED) is 0.827. The molecule has 2 saturated heterocycles. The topological polar surface area (TPSA) is 24.5 Å². The number of hydrogen-bond acceptors (Lipinski definition) is 3. The van der Waals surface area contributed by atoms with Crippen molar-refractivity contribution in [2.24, 2.45) is 11.8 Å². The van der Waals surface area contributed by atoms with Gasteiger partial charge in [0.15, 0.2) is 0 Å². The molecule has 1 N–H and O–H groups in total. The minimum Gasteiger partial charge on any atom is -0.378 e. The Morgan fingerprint density at radius 3 is 2.72 bits per heavy atom. The highest BCUT2D eigenvalue weighted by Gasteiger charge is 2.38. The molecule has 18 heavy (non-hydrogen) atoms. The number of rotatable bonds is 4. The van der Waals surface area contributed by atoms with Crippen molar-refractivity contribution in [3.8, 4) is 0 Å². The fraction of sp³-hybridized carbons (Fsp3) is 1.00. The highest BCUT2D eigenvalue weighted by molar-refractivity contribution is 4.95. The van der Waals surface area contributed by atoms with E-state index in [-0.39, 0.29) is 0 Å². The maximum atomic E-state index is 5.72. The Balaban J connectivity index is 1.58. The molecule has 0 aromatic heterocycles. The average Bonchev–Trinajstić information content (AvgIpc) is 3.15. The maximum absolute atomic E-state index is 5.72. The summed E-state index contributed by atoms with van der Waals surface area (Å²) in [6.45, 7) is 9.27. The van der Waals surface area contributed by atoms with Crippen LogP contribution in [0.3, 0.4) is 0 Å². The van der Waals surface area contributed by atoms with Crippen LogP contribution in [0.5, 0.6) is 0 Å². The van der Waals surface area contributed by atoms with Gasteiger partial charge in [-0.1, -0.05) is 6.92 Å². The summed E-state index contributed by atoms with van der Waals surface area (Å²) >= 11 is 0. The van der Waals surface area contributed by atoms with E-state index in [1.54, 1.807) is 0 Å². The van der Waals surface area contributed by atoms with Crippen molar-refractivity contribution >= 4 is 0 Å². The molecule has 0 aromatic rings.